The van der Waals surface area contributed by atoms with Gasteiger partial charge in [-0.15, -0.1) is 0 Å². The molecule has 0 aliphatic rings. The van der Waals surface area contributed by atoms with Gasteiger partial charge in [-0.1, -0.05) is 67.6 Å². The maximum Gasteiger partial charge on any atom is 0.136 e. The first kappa shape index (κ1) is 13.5. The predicted molar refractivity (Wildman–Crippen MR) is 79.1 cm³/mol. The summed E-state index contributed by atoms with van der Waals surface area (Å²) in [5.74, 6) is 0.457. The molecule has 0 N–H and O–H groups in total. The van der Waals surface area contributed by atoms with E-state index in [0.29, 0.717) is 12.2 Å². The lowest BCUT2D eigenvalue weighted by Crippen LogP contribution is -2.14. The molecule has 1 heteroatoms. The molecule has 2 rings (SSSR count). The van der Waals surface area contributed by atoms with Crippen LogP contribution in [0.1, 0.15) is 24.5 Å². The minimum absolute atomic E-state index is 0.103. The Kier molecular flexibility index (Phi) is 4.91. The van der Waals surface area contributed by atoms with Gasteiger partial charge in [0, 0.05) is 12.3 Å². The van der Waals surface area contributed by atoms with E-state index in [1.54, 1.807) is 0 Å². The Morgan fingerprint density at radius 3 is 2.00 bits per heavy atom. The lowest BCUT2D eigenvalue weighted by Gasteiger charge is -2.10. The fourth-order valence-electron chi connectivity index (χ4n) is 2.24. The lowest BCUT2D eigenvalue weighted by molar-refractivity contribution is -0.122. The van der Waals surface area contributed by atoms with Gasteiger partial charge in [-0.05, 0) is 24.0 Å². The molecule has 19 heavy (non-hydrogen) atoms. The van der Waals surface area contributed by atoms with E-state index in [1.807, 2.05) is 43.3 Å². The third-order valence-electron chi connectivity index (χ3n) is 3.44. The molecule has 98 valence electrons. The zero-order valence-corrected chi connectivity index (χ0v) is 11.4. The number of benzene rings is 2. The second-order valence-corrected chi connectivity index (χ2v) is 5.04. The van der Waals surface area contributed by atoms with Gasteiger partial charge in [0.05, 0.1) is 0 Å². The molecule has 0 fully saturated rings. The van der Waals surface area contributed by atoms with E-state index in [9.17, 15) is 4.79 Å². The van der Waals surface area contributed by atoms with Gasteiger partial charge in [0.1, 0.15) is 5.78 Å². The highest BCUT2D eigenvalue weighted by atomic mass is 16.1. The Balaban J connectivity index is 1.83. The minimum Gasteiger partial charge on any atom is -0.299 e. The van der Waals surface area contributed by atoms with E-state index in [0.717, 1.165) is 12.8 Å². The van der Waals surface area contributed by atoms with Crippen LogP contribution < -0.4 is 0 Å². The van der Waals surface area contributed by atoms with Crippen molar-refractivity contribution in [3.63, 3.8) is 0 Å². The Labute approximate surface area is 115 Å². The zero-order valence-electron chi connectivity index (χ0n) is 11.4. The summed E-state index contributed by atoms with van der Waals surface area (Å²) in [6, 6.07) is 20.4. The van der Waals surface area contributed by atoms with E-state index < -0.39 is 0 Å². The van der Waals surface area contributed by atoms with Gasteiger partial charge in [-0.2, -0.15) is 0 Å². The third-order valence-corrected chi connectivity index (χ3v) is 3.44. The summed E-state index contributed by atoms with van der Waals surface area (Å²) in [4.78, 5) is 12.1. The zero-order chi connectivity index (χ0) is 13.5. The highest BCUT2D eigenvalue weighted by molar-refractivity contribution is 5.81. The lowest BCUT2D eigenvalue weighted by atomic mass is 9.93. The Hall–Kier alpha value is -1.89. The van der Waals surface area contributed by atoms with Crippen molar-refractivity contribution in [3.05, 3.63) is 71.8 Å². The fourth-order valence-corrected chi connectivity index (χ4v) is 2.24. The average Bonchev–Trinajstić information content (AvgIpc) is 2.47. The summed E-state index contributed by atoms with van der Waals surface area (Å²) in [5, 5.41) is 0. The van der Waals surface area contributed by atoms with Crippen LogP contribution in [-0.4, -0.2) is 5.78 Å². The van der Waals surface area contributed by atoms with Gasteiger partial charge in [0.25, 0.3) is 0 Å². The summed E-state index contributed by atoms with van der Waals surface area (Å²) in [6.07, 6.45) is 2.32. The van der Waals surface area contributed by atoms with Gasteiger partial charge in [0.2, 0.25) is 0 Å². The maximum atomic E-state index is 12.1. The van der Waals surface area contributed by atoms with Crippen molar-refractivity contribution >= 4 is 5.78 Å². The largest absolute Gasteiger partial charge is 0.299 e. The third kappa shape index (κ3) is 4.36. The molecule has 0 spiro atoms. The van der Waals surface area contributed by atoms with Gasteiger partial charge >= 0.3 is 0 Å². The quantitative estimate of drug-likeness (QED) is 0.757. The highest BCUT2D eigenvalue weighted by Crippen LogP contribution is 2.12. The number of Topliss-reactive ketones (excluding diaryl/α,β-unsaturated/α-hetero) is 1. The van der Waals surface area contributed by atoms with Crippen molar-refractivity contribution in [2.75, 3.05) is 0 Å². The van der Waals surface area contributed by atoms with Crippen LogP contribution in [0.4, 0.5) is 0 Å². The Bertz CT molecular complexity index is 502. The van der Waals surface area contributed by atoms with Gasteiger partial charge in [-0.25, -0.2) is 0 Å². The highest BCUT2D eigenvalue weighted by Gasteiger charge is 2.13. The van der Waals surface area contributed by atoms with E-state index in [2.05, 4.69) is 24.3 Å². The van der Waals surface area contributed by atoms with E-state index in [-0.39, 0.29) is 5.92 Å². The van der Waals surface area contributed by atoms with Crippen LogP contribution in [0.25, 0.3) is 0 Å². The van der Waals surface area contributed by atoms with E-state index in [4.69, 9.17) is 0 Å². The smallest absolute Gasteiger partial charge is 0.136 e. The predicted octanol–water partition coefficient (Wildman–Crippen LogP) is 4.07. The molecular formula is C18H20O. The van der Waals surface area contributed by atoms with Crippen molar-refractivity contribution in [2.24, 2.45) is 5.92 Å². The first-order valence-corrected chi connectivity index (χ1v) is 6.86. The minimum atomic E-state index is 0.103. The van der Waals surface area contributed by atoms with Crippen molar-refractivity contribution in [2.45, 2.75) is 26.2 Å². The number of rotatable bonds is 6. The molecular weight excluding hydrogens is 232 g/mol. The summed E-state index contributed by atoms with van der Waals surface area (Å²) < 4.78 is 0. The van der Waals surface area contributed by atoms with Gasteiger partial charge < -0.3 is 0 Å². The molecule has 1 atom stereocenters. The molecule has 0 radical (unpaired) electrons. The molecule has 0 saturated heterocycles. The standard InChI is InChI=1S/C18H20O/c1-15(14-17-10-6-3-7-11-17)18(19)13-12-16-8-4-2-5-9-16/h2-11,15H,12-14H2,1H3/t15-/m1/s1. The molecule has 0 heterocycles. The molecule has 0 saturated carbocycles. The summed E-state index contributed by atoms with van der Waals surface area (Å²) >= 11 is 0. The fraction of sp³-hybridized carbons (Fsp3) is 0.278. The molecule has 0 unspecified atom stereocenters. The second-order valence-electron chi connectivity index (χ2n) is 5.04. The SMILES string of the molecule is C[C@H](Cc1ccccc1)C(=O)CCc1ccccc1. The number of ketones is 1. The van der Waals surface area contributed by atoms with Crippen LogP contribution in [-0.2, 0) is 17.6 Å². The van der Waals surface area contributed by atoms with Crippen molar-refractivity contribution in [1.29, 1.82) is 0 Å². The summed E-state index contributed by atoms with van der Waals surface area (Å²) in [5.41, 5.74) is 2.48. The van der Waals surface area contributed by atoms with Gasteiger partial charge in [0.15, 0.2) is 0 Å². The van der Waals surface area contributed by atoms with E-state index >= 15 is 0 Å². The maximum absolute atomic E-state index is 12.1. The molecule has 1 nitrogen and oxygen atoms in total. The van der Waals surface area contributed by atoms with Crippen LogP contribution in [0.5, 0.6) is 0 Å². The molecule has 0 aliphatic heterocycles. The molecule has 2 aromatic carbocycles. The summed E-state index contributed by atoms with van der Waals surface area (Å²) in [6.45, 7) is 2.03. The molecule has 0 aromatic heterocycles. The van der Waals surface area contributed by atoms with Crippen LogP contribution >= 0.6 is 0 Å². The van der Waals surface area contributed by atoms with Crippen molar-refractivity contribution in [3.8, 4) is 0 Å². The van der Waals surface area contributed by atoms with Crippen LogP contribution in [0.15, 0.2) is 60.7 Å². The topological polar surface area (TPSA) is 17.1 Å². The van der Waals surface area contributed by atoms with Crippen LogP contribution in [0.2, 0.25) is 0 Å². The molecule has 0 amide bonds. The first-order valence-electron chi connectivity index (χ1n) is 6.86. The first-order chi connectivity index (χ1) is 9.25. The second kappa shape index (κ2) is 6.89. The molecule has 2 aromatic rings. The van der Waals surface area contributed by atoms with Crippen molar-refractivity contribution in [1.82, 2.24) is 0 Å². The van der Waals surface area contributed by atoms with Crippen LogP contribution in [0.3, 0.4) is 0 Å². The Morgan fingerprint density at radius 1 is 0.895 bits per heavy atom. The number of carbonyl (C=O) groups excluding carboxylic acids is 1. The number of hydrogen-bond donors (Lipinski definition) is 0. The van der Waals surface area contributed by atoms with E-state index in [1.165, 1.54) is 11.1 Å². The number of hydrogen-bond acceptors (Lipinski definition) is 1. The Morgan fingerprint density at radius 2 is 1.42 bits per heavy atom. The summed E-state index contributed by atoms with van der Waals surface area (Å²) in [7, 11) is 0. The molecule has 0 bridgehead atoms. The number of carbonyl (C=O) groups is 1. The number of aryl methyl sites for hydroxylation is 1. The van der Waals surface area contributed by atoms with Crippen LogP contribution in [0, 0.1) is 5.92 Å². The van der Waals surface area contributed by atoms with Crippen molar-refractivity contribution < 1.29 is 4.79 Å². The molecule has 0 aliphatic carbocycles. The normalized spacial score (nSPS) is 12.1. The monoisotopic (exact) mass is 252 g/mol. The average molecular weight is 252 g/mol. The van der Waals surface area contributed by atoms with Gasteiger partial charge in [-0.3, -0.25) is 4.79 Å².